The third-order valence-electron chi connectivity index (χ3n) is 2.50. The first-order valence-corrected chi connectivity index (χ1v) is 7.08. The lowest BCUT2D eigenvalue weighted by Crippen LogP contribution is -2.14. The van der Waals surface area contributed by atoms with E-state index in [0.29, 0.717) is 0 Å². The van der Waals surface area contributed by atoms with Gasteiger partial charge >= 0.3 is 0 Å². The molecule has 0 radical (unpaired) electrons. The van der Waals surface area contributed by atoms with Crippen LogP contribution < -0.4 is 10.5 Å². The van der Waals surface area contributed by atoms with Crippen molar-refractivity contribution in [3.63, 3.8) is 0 Å². The maximum absolute atomic E-state index is 11.9. The summed E-state index contributed by atoms with van der Waals surface area (Å²) in [5.41, 5.74) is 5.44. The molecular formula is C12H15NO6S. The molecular weight excluding hydrogens is 286 g/mol. The fourth-order valence-corrected chi connectivity index (χ4v) is 2.42. The van der Waals surface area contributed by atoms with E-state index in [2.05, 4.69) is 0 Å². The zero-order chi connectivity index (χ0) is 15.5. The molecule has 0 fully saturated rings. The number of Topliss-reactive ketones (excluding diaryl/α,β-unsaturated/α-hetero) is 2. The number of ether oxygens (including phenoxy) is 1. The van der Waals surface area contributed by atoms with Crippen molar-refractivity contribution in [3.05, 3.63) is 23.3 Å². The van der Waals surface area contributed by atoms with Crippen molar-refractivity contribution in [2.24, 2.45) is 5.73 Å². The Bertz CT molecular complexity index is 650. The molecule has 0 aliphatic heterocycles. The first-order valence-electron chi connectivity index (χ1n) is 5.64. The van der Waals surface area contributed by atoms with Crippen molar-refractivity contribution in [2.45, 2.75) is 25.2 Å². The number of benzene rings is 1. The fraction of sp³-hybridized carbons (Fsp3) is 0.333. The van der Waals surface area contributed by atoms with Crippen LogP contribution in [0.15, 0.2) is 17.0 Å². The van der Waals surface area contributed by atoms with Crippen molar-refractivity contribution in [1.29, 1.82) is 0 Å². The Balaban J connectivity index is 3.42. The standard InChI is InChI=1S/C12H15NO6S/c1-7-3-9(10(15)4-8(2)14)11(19-6-13)5-12(7)20(16,17)18/h3,5H,4,6,13H2,1-2H3,(H,16,17,18). The van der Waals surface area contributed by atoms with E-state index in [4.69, 9.17) is 15.0 Å². The second-order valence-corrected chi connectivity index (χ2v) is 5.59. The SMILES string of the molecule is CC(=O)CC(=O)c1cc(C)c(S(=O)(=O)O)cc1OCN. The number of hydrogen-bond donors (Lipinski definition) is 2. The molecule has 0 amide bonds. The minimum absolute atomic E-state index is 0.0514. The highest BCUT2D eigenvalue weighted by Crippen LogP contribution is 2.27. The molecule has 0 aliphatic carbocycles. The van der Waals surface area contributed by atoms with E-state index in [1.807, 2.05) is 0 Å². The van der Waals surface area contributed by atoms with Gasteiger partial charge in [0.2, 0.25) is 0 Å². The molecule has 110 valence electrons. The molecule has 0 bridgehead atoms. The Morgan fingerprint density at radius 3 is 2.40 bits per heavy atom. The van der Waals surface area contributed by atoms with Crippen LogP contribution in [0.25, 0.3) is 0 Å². The molecule has 0 aromatic heterocycles. The van der Waals surface area contributed by atoms with Crippen molar-refractivity contribution < 1.29 is 27.3 Å². The number of ketones is 2. The smallest absolute Gasteiger partial charge is 0.294 e. The van der Waals surface area contributed by atoms with E-state index in [9.17, 15) is 18.0 Å². The minimum atomic E-state index is -4.44. The number of carbonyl (C=O) groups is 2. The van der Waals surface area contributed by atoms with Crippen molar-refractivity contribution in [3.8, 4) is 5.75 Å². The Kier molecular flexibility index (Phi) is 4.98. The van der Waals surface area contributed by atoms with E-state index in [1.54, 1.807) is 0 Å². The van der Waals surface area contributed by atoms with Crippen LogP contribution in [0.4, 0.5) is 0 Å². The van der Waals surface area contributed by atoms with Gasteiger partial charge in [-0.15, -0.1) is 0 Å². The molecule has 3 N–H and O–H groups in total. The zero-order valence-corrected chi connectivity index (χ0v) is 11.9. The quantitative estimate of drug-likeness (QED) is 0.343. The summed E-state index contributed by atoms with van der Waals surface area (Å²) in [6.45, 7) is 2.40. The highest BCUT2D eigenvalue weighted by Gasteiger charge is 2.21. The van der Waals surface area contributed by atoms with Gasteiger partial charge in [-0.1, -0.05) is 0 Å². The number of carbonyl (C=O) groups excluding carboxylic acids is 2. The van der Waals surface area contributed by atoms with Gasteiger partial charge in [-0.2, -0.15) is 8.42 Å². The summed E-state index contributed by atoms with van der Waals surface area (Å²) < 4.78 is 36.5. The second-order valence-electron chi connectivity index (χ2n) is 4.20. The van der Waals surface area contributed by atoms with E-state index in [0.717, 1.165) is 6.07 Å². The Morgan fingerprint density at radius 1 is 1.35 bits per heavy atom. The van der Waals surface area contributed by atoms with E-state index in [1.165, 1.54) is 19.9 Å². The summed E-state index contributed by atoms with van der Waals surface area (Å²) in [7, 11) is -4.44. The fourth-order valence-electron chi connectivity index (χ4n) is 1.70. The Labute approximate surface area is 116 Å². The van der Waals surface area contributed by atoms with Crippen LogP contribution >= 0.6 is 0 Å². The molecule has 1 aromatic rings. The van der Waals surface area contributed by atoms with Gasteiger partial charge in [0.05, 0.1) is 12.0 Å². The molecule has 7 nitrogen and oxygen atoms in total. The maximum Gasteiger partial charge on any atom is 0.294 e. The molecule has 1 rings (SSSR count). The predicted octanol–water partition coefficient (Wildman–Crippen LogP) is 0.699. The third kappa shape index (κ3) is 3.86. The van der Waals surface area contributed by atoms with E-state index in [-0.39, 0.29) is 40.7 Å². The second kappa shape index (κ2) is 6.12. The van der Waals surface area contributed by atoms with Crippen molar-refractivity contribution in [2.75, 3.05) is 6.73 Å². The normalized spacial score (nSPS) is 11.2. The summed E-state index contributed by atoms with van der Waals surface area (Å²) in [5, 5.41) is 0. The molecule has 0 spiro atoms. The molecule has 0 saturated carbocycles. The molecule has 0 saturated heterocycles. The lowest BCUT2D eigenvalue weighted by atomic mass is 10.0. The highest BCUT2D eigenvalue weighted by molar-refractivity contribution is 7.85. The first kappa shape index (κ1) is 16.3. The lowest BCUT2D eigenvalue weighted by molar-refractivity contribution is -0.116. The third-order valence-corrected chi connectivity index (χ3v) is 3.50. The van der Waals surface area contributed by atoms with Crippen LogP contribution in [0.1, 0.15) is 29.3 Å². The Hall–Kier alpha value is -1.77. The van der Waals surface area contributed by atoms with E-state index < -0.39 is 15.9 Å². The topological polar surface area (TPSA) is 124 Å². The lowest BCUT2D eigenvalue weighted by Gasteiger charge is -2.12. The monoisotopic (exact) mass is 301 g/mol. The van der Waals surface area contributed by atoms with Gasteiger partial charge in [0.25, 0.3) is 10.1 Å². The van der Waals surface area contributed by atoms with Crippen LogP contribution in [0.3, 0.4) is 0 Å². The molecule has 1 aromatic carbocycles. The average molecular weight is 301 g/mol. The molecule has 0 unspecified atom stereocenters. The molecule has 0 aliphatic rings. The van der Waals surface area contributed by atoms with Crippen molar-refractivity contribution >= 4 is 21.7 Å². The summed E-state index contributed by atoms with van der Waals surface area (Å²) in [5.74, 6) is -0.923. The number of hydrogen-bond acceptors (Lipinski definition) is 6. The summed E-state index contributed by atoms with van der Waals surface area (Å²) in [6.07, 6.45) is -0.328. The molecule has 20 heavy (non-hydrogen) atoms. The van der Waals surface area contributed by atoms with Gasteiger partial charge in [-0.3, -0.25) is 19.9 Å². The van der Waals surface area contributed by atoms with Gasteiger partial charge in [0, 0.05) is 6.07 Å². The average Bonchev–Trinajstić information content (AvgIpc) is 2.28. The zero-order valence-electron chi connectivity index (χ0n) is 11.0. The van der Waals surface area contributed by atoms with Gasteiger partial charge < -0.3 is 4.74 Å². The number of nitrogens with two attached hydrogens (primary N) is 1. The van der Waals surface area contributed by atoms with Crippen LogP contribution in [0.2, 0.25) is 0 Å². The van der Waals surface area contributed by atoms with Gasteiger partial charge in [0.15, 0.2) is 5.78 Å². The van der Waals surface area contributed by atoms with Crippen molar-refractivity contribution in [1.82, 2.24) is 0 Å². The summed E-state index contributed by atoms with van der Waals surface area (Å²) in [6, 6.07) is 2.27. The van der Waals surface area contributed by atoms with Crippen LogP contribution in [0.5, 0.6) is 5.75 Å². The van der Waals surface area contributed by atoms with Crippen LogP contribution in [-0.4, -0.2) is 31.3 Å². The van der Waals surface area contributed by atoms with Gasteiger partial charge in [0.1, 0.15) is 23.2 Å². The molecule has 8 heteroatoms. The predicted molar refractivity (Wildman–Crippen MR) is 70.3 cm³/mol. The van der Waals surface area contributed by atoms with E-state index >= 15 is 0 Å². The molecule has 0 atom stereocenters. The molecule has 0 heterocycles. The maximum atomic E-state index is 11.9. The van der Waals surface area contributed by atoms with Crippen LogP contribution in [0, 0.1) is 6.92 Å². The number of rotatable bonds is 6. The van der Waals surface area contributed by atoms with Gasteiger partial charge in [-0.05, 0) is 25.5 Å². The number of aryl methyl sites for hydroxylation is 1. The van der Waals surface area contributed by atoms with Gasteiger partial charge in [-0.25, -0.2) is 0 Å². The Morgan fingerprint density at radius 2 is 1.95 bits per heavy atom. The highest BCUT2D eigenvalue weighted by atomic mass is 32.2. The van der Waals surface area contributed by atoms with Crippen LogP contribution in [-0.2, 0) is 14.9 Å². The largest absolute Gasteiger partial charge is 0.478 e. The summed E-state index contributed by atoms with van der Waals surface area (Å²) >= 11 is 0. The summed E-state index contributed by atoms with van der Waals surface area (Å²) in [4.78, 5) is 22.5. The first-order chi connectivity index (χ1) is 9.16. The minimum Gasteiger partial charge on any atom is -0.478 e.